The lowest BCUT2D eigenvalue weighted by Crippen LogP contribution is -2.35. The van der Waals surface area contributed by atoms with Crippen molar-refractivity contribution in [2.75, 3.05) is 26.1 Å². The Morgan fingerprint density at radius 2 is 1.95 bits per heavy atom. The Bertz CT molecular complexity index is 414. The summed E-state index contributed by atoms with van der Waals surface area (Å²) in [5, 5.41) is 0. The van der Waals surface area contributed by atoms with Crippen molar-refractivity contribution in [3.8, 4) is 0 Å². The SMILES string of the molecule is CC1(C)OC[C@H]([C@H](CCC2OCCO2)OS(C)(=O)=O)O1. The summed E-state index contributed by atoms with van der Waals surface area (Å²) in [5.74, 6) is -0.718. The minimum absolute atomic E-state index is 0.295. The summed E-state index contributed by atoms with van der Waals surface area (Å²) in [4.78, 5) is 0. The second-order valence-electron chi connectivity index (χ2n) is 5.45. The zero-order valence-electron chi connectivity index (χ0n) is 12.0. The van der Waals surface area contributed by atoms with E-state index < -0.39 is 28.1 Å². The Kier molecular flexibility index (Phi) is 5.04. The molecule has 0 saturated carbocycles. The molecule has 2 heterocycles. The highest BCUT2D eigenvalue weighted by molar-refractivity contribution is 7.86. The molecule has 0 aromatic carbocycles. The Morgan fingerprint density at radius 3 is 2.45 bits per heavy atom. The summed E-state index contributed by atoms with van der Waals surface area (Å²) in [5.41, 5.74) is 0. The molecule has 2 aliphatic heterocycles. The van der Waals surface area contributed by atoms with Gasteiger partial charge in [-0.25, -0.2) is 0 Å². The molecule has 0 aromatic heterocycles. The van der Waals surface area contributed by atoms with Crippen LogP contribution in [0.4, 0.5) is 0 Å². The van der Waals surface area contributed by atoms with Crippen LogP contribution >= 0.6 is 0 Å². The van der Waals surface area contributed by atoms with Gasteiger partial charge in [0.2, 0.25) is 0 Å². The molecule has 2 rings (SSSR count). The fourth-order valence-corrected chi connectivity index (χ4v) is 2.96. The van der Waals surface area contributed by atoms with Crippen molar-refractivity contribution < 1.29 is 31.5 Å². The molecule has 0 amide bonds. The van der Waals surface area contributed by atoms with Gasteiger partial charge in [0.1, 0.15) is 12.2 Å². The molecule has 2 fully saturated rings. The van der Waals surface area contributed by atoms with Crippen LogP contribution in [0.15, 0.2) is 0 Å². The molecule has 0 spiro atoms. The van der Waals surface area contributed by atoms with Gasteiger partial charge in [-0.15, -0.1) is 0 Å². The molecule has 7 nitrogen and oxygen atoms in total. The fraction of sp³-hybridized carbons (Fsp3) is 1.00. The van der Waals surface area contributed by atoms with E-state index in [-0.39, 0.29) is 6.29 Å². The Balaban J connectivity index is 1.93. The molecule has 2 saturated heterocycles. The predicted molar refractivity (Wildman–Crippen MR) is 69.5 cm³/mol. The van der Waals surface area contributed by atoms with E-state index in [1.807, 2.05) is 0 Å². The molecule has 0 radical (unpaired) electrons. The molecule has 2 atom stereocenters. The minimum Gasteiger partial charge on any atom is -0.350 e. The summed E-state index contributed by atoms with van der Waals surface area (Å²) in [6.45, 7) is 5.01. The van der Waals surface area contributed by atoms with Crippen molar-refractivity contribution in [1.82, 2.24) is 0 Å². The summed E-state index contributed by atoms with van der Waals surface area (Å²) in [6, 6.07) is 0. The highest BCUT2D eigenvalue weighted by Gasteiger charge is 2.39. The molecule has 0 aromatic rings. The van der Waals surface area contributed by atoms with Crippen molar-refractivity contribution in [3.63, 3.8) is 0 Å². The molecule has 0 aliphatic carbocycles. The van der Waals surface area contributed by atoms with Crippen LogP contribution in [0, 0.1) is 0 Å². The van der Waals surface area contributed by atoms with Crippen LogP contribution in [0.1, 0.15) is 26.7 Å². The molecule has 8 heteroatoms. The van der Waals surface area contributed by atoms with Crippen molar-refractivity contribution in [2.24, 2.45) is 0 Å². The van der Waals surface area contributed by atoms with Gasteiger partial charge in [-0.1, -0.05) is 0 Å². The van der Waals surface area contributed by atoms with Crippen LogP contribution in [-0.4, -0.2) is 58.8 Å². The largest absolute Gasteiger partial charge is 0.350 e. The lowest BCUT2D eigenvalue weighted by Gasteiger charge is -2.24. The van der Waals surface area contributed by atoms with E-state index in [1.54, 1.807) is 13.8 Å². The second kappa shape index (κ2) is 6.25. The van der Waals surface area contributed by atoms with E-state index in [2.05, 4.69) is 0 Å². The van der Waals surface area contributed by atoms with E-state index in [9.17, 15) is 8.42 Å². The first-order valence-corrected chi connectivity index (χ1v) is 8.50. The zero-order chi connectivity index (χ0) is 14.8. The first kappa shape index (κ1) is 16.1. The van der Waals surface area contributed by atoms with Crippen LogP contribution in [0.3, 0.4) is 0 Å². The molecule has 118 valence electrons. The predicted octanol–water partition coefficient (Wildman–Crippen LogP) is 0.636. The molecule has 0 N–H and O–H groups in total. The normalized spacial score (nSPS) is 28.9. The van der Waals surface area contributed by atoms with E-state index in [4.69, 9.17) is 23.1 Å². The maximum atomic E-state index is 11.4. The van der Waals surface area contributed by atoms with Gasteiger partial charge in [0.05, 0.1) is 26.1 Å². The first-order chi connectivity index (χ1) is 9.25. The molecule has 0 unspecified atom stereocenters. The lowest BCUT2D eigenvalue weighted by molar-refractivity contribution is -0.150. The van der Waals surface area contributed by atoms with Gasteiger partial charge >= 0.3 is 0 Å². The van der Waals surface area contributed by atoms with E-state index >= 15 is 0 Å². The Hall–Kier alpha value is -0.250. The third kappa shape index (κ3) is 4.94. The van der Waals surface area contributed by atoms with Crippen molar-refractivity contribution in [2.45, 2.75) is 51.0 Å². The van der Waals surface area contributed by atoms with Crippen LogP contribution in [0.25, 0.3) is 0 Å². The van der Waals surface area contributed by atoms with Gasteiger partial charge < -0.3 is 18.9 Å². The number of ether oxygens (including phenoxy) is 4. The van der Waals surface area contributed by atoms with E-state index in [1.165, 1.54) is 0 Å². The Morgan fingerprint density at radius 1 is 1.30 bits per heavy atom. The maximum absolute atomic E-state index is 11.4. The van der Waals surface area contributed by atoms with Crippen LogP contribution < -0.4 is 0 Å². The summed E-state index contributed by atoms with van der Waals surface area (Å²) in [7, 11) is -3.56. The van der Waals surface area contributed by atoms with Crippen molar-refractivity contribution >= 4 is 10.1 Å². The summed E-state index contributed by atoms with van der Waals surface area (Å²) in [6.07, 6.45) is 0.739. The smallest absolute Gasteiger partial charge is 0.264 e. The van der Waals surface area contributed by atoms with Crippen molar-refractivity contribution in [3.05, 3.63) is 0 Å². The number of hydrogen-bond acceptors (Lipinski definition) is 7. The number of hydrogen-bond donors (Lipinski definition) is 0. The van der Waals surface area contributed by atoms with Crippen LogP contribution in [0.5, 0.6) is 0 Å². The van der Waals surface area contributed by atoms with Crippen molar-refractivity contribution in [1.29, 1.82) is 0 Å². The van der Waals surface area contributed by atoms with Crippen LogP contribution in [-0.2, 0) is 33.2 Å². The third-order valence-electron chi connectivity index (χ3n) is 3.12. The first-order valence-electron chi connectivity index (χ1n) is 6.68. The molecule has 0 bridgehead atoms. The highest BCUT2D eigenvalue weighted by atomic mass is 32.2. The van der Waals surface area contributed by atoms with E-state index in [0.29, 0.717) is 32.7 Å². The maximum Gasteiger partial charge on any atom is 0.264 e. The molecule has 20 heavy (non-hydrogen) atoms. The van der Waals surface area contributed by atoms with E-state index in [0.717, 1.165) is 6.26 Å². The monoisotopic (exact) mass is 310 g/mol. The lowest BCUT2D eigenvalue weighted by atomic mass is 10.1. The van der Waals surface area contributed by atoms with Crippen LogP contribution in [0.2, 0.25) is 0 Å². The average Bonchev–Trinajstić information content (AvgIpc) is 2.92. The summed E-state index contributed by atoms with van der Waals surface area (Å²) < 4.78 is 49.7. The average molecular weight is 310 g/mol. The quantitative estimate of drug-likeness (QED) is 0.666. The zero-order valence-corrected chi connectivity index (χ0v) is 12.9. The Labute approximate surface area is 119 Å². The topological polar surface area (TPSA) is 80.3 Å². The standard InChI is InChI=1S/C12H22O7S/c1-12(2)17-8-10(18-12)9(19-20(3,13)14)4-5-11-15-6-7-16-11/h9-11H,4-8H2,1-3H3/t9-,10+/m0/s1. The van der Waals surface area contributed by atoms with Gasteiger partial charge in [-0.2, -0.15) is 8.42 Å². The van der Waals surface area contributed by atoms with Gasteiger partial charge in [-0.3, -0.25) is 4.18 Å². The molecule has 2 aliphatic rings. The molecular formula is C12H22O7S. The number of rotatable bonds is 6. The van der Waals surface area contributed by atoms with Gasteiger partial charge in [0.15, 0.2) is 12.1 Å². The van der Waals surface area contributed by atoms with Gasteiger partial charge in [-0.05, 0) is 20.3 Å². The fourth-order valence-electron chi connectivity index (χ4n) is 2.29. The highest BCUT2D eigenvalue weighted by Crippen LogP contribution is 2.28. The minimum atomic E-state index is -3.56. The third-order valence-corrected chi connectivity index (χ3v) is 3.72. The second-order valence-corrected chi connectivity index (χ2v) is 7.06. The summed E-state index contributed by atoms with van der Waals surface area (Å²) >= 11 is 0. The van der Waals surface area contributed by atoms with Gasteiger partial charge in [0.25, 0.3) is 10.1 Å². The molecular weight excluding hydrogens is 288 g/mol. The van der Waals surface area contributed by atoms with Gasteiger partial charge in [0, 0.05) is 6.42 Å².